The summed E-state index contributed by atoms with van der Waals surface area (Å²) in [4.78, 5) is 12.3. The molecule has 0 radical (unpaired) electrons. The van der Waals surface area contributed by atoms with Crippen LogP contribution in [0, 0.1) is 0 Å². The maximum atomic E-state index is 12.3. The summed E-state index contributed by atoms with van der Waals surface area (Å²) in [7, 11) is 0. The molecular weight excluding hydrogens is 336 g/mol. The second-order valence-electron chi connectivity index (χ2n) is 7.70. The van der Waals surface area contributed by atoms with E-state index in [1.54, 1.807) is 6.08 Å². The van der Waals surface area contributed by atoms with Crippen molar-refractivity contribution in [3.05, 3.63) is 71.9 Å². The molecule has 0 aliphatic rings. The van der Waals surface area contributed by atoms with Crippen molar-refractivity contribution in [2.24, 2.45) is 0 Å². The number of aliphatic hydroxyl groups is 1. The molecule has 1 heterocycles. The average Bonchev–Trinajstić information content (AvgIpc) is 3.02. The van der Waals surface area contributed by atoms with Gasteiger partial charge >= 0.3 is 0 Å². The van der Waals surface area contributed by atoms with Gasteiger partial charge in [-0.15, -0.1) is 0 Å². The third-order valence-corrected chi connectivity index (χ3v) is 4.59. The highest BCUT2D eigenvalue weighted by Crippen LogP contribution is 2.23. The number of amides is 1. The van der Waals surface area contributed by atoms with E-state index in [1.165, 1.54) is 5.56 Å². The molecule has 0 unspecified atom stereocenters. The molecule has 0 aliphatic heterocycles. The Balaban J connectivity index is 1.69. The van der Waals surface area contributed by atoms with E-state index in [4.69, 9.17) is 5.11 Å². The van der Waals surface area contributed by atoms with E-state index in [0.717, 1.165) is 22.2 Å². The van der Waals surface area contributed by atoms with Gasteiger partial charge in [-0.3, -0.25) is 4.79 Å². The Kier molecular flexibility index (Phi) is 5.47. The van der Waals surface area contributed by atoms with Crippen LogP contribution in [0.3, 0.4) is 0 Å². The Labute approximate surface area is 160 Å². The Morgan fingerprint density at radius 1 is 1.11 bits per heavy atom. The molecule has 4 heteroatoms. The number of anilines is 1. The van der Waals surface area contributed by atoms with Gasteiger partial charge in [0.25, 0.3) is 0 Å². The van der Waals surface area contributed by atoms with Crippen molar-refractivity contribution in [2.45, 2.75) is 32.7 Å². The van der Waals surface area contributed by atoms with Crippen molar-refractivity contribution in [3.8, 4) is 0 Å². The van der Waals surface area contributed by atoms with Crippen LogP contribution >= 0.6 is 0 Å². The van der Waals surface area contributed by atoms with Crippen molar-refractivity contribution in [1.82, 2.24) is 4.57 Å². The number of rotatable bonds is 5. The topological polar surface area (TPSA) is 54.3 Å². The van der Waals surface area contributed by atoms with Crippen LogP contribution < -0.4 is 5.32 Å². The molecule has 0 aliphatic carbocycles. The minimum Gasteiger partial charge on any atom is -0.395 e. The molecule has 4 nitrogen and oxygen atoms in total. The van der Waals surface area contributed by atoms with Crippen molar-refractivity contribution in [3.63, 3.8) is 0 Å². The lowest BCUT2D eigenvalue weighted by Gasteiger charge is -2.18. The fourth-order valence-electron chi connectivity index (χ4n) is 3.01. The van der Waals surface area contributed by atoms with Crippen molar-refractivity contribution < 1.29 is 9.90 Å². The van der Waals surface area contributed by atoms with Crippen molar-refractivity contribution >= 4 is 28.6 Å². The van der Waals surface area contributed by atoms with Crippen LogP contribution in [0.5, 0.6) is 0 Å². The second-order valence-corrected chi connectivity index (χ2v) is 7.70. The van der Waals surface area contributed by atoms with Gasteiger partial charge in [0, 0.05) is 24.5 Å². The van der Waals surface area contributed by atoms with Crippen LogP contribution in [0.15, 0.2) is 60.8 Å². The van der Waals surface area contributed by atoms with Gasteiger partial charge in [-0.25, -0.2) is 0 Å². The SMILES string of the molecule is CC(C)(C)c1ccc(C=CC(=O)Nc2ccc3ccn(CCO)c3c2)cc1. The molecule has 1 aromatic heterocycles. The third kappa shape index (κ3) is 4.66. The average molecular weight is 362 g/mol. The molecule has 0 bridgehead atoms. The van der Waals surface area contributed by atoms with Gasteiger partial charge in [-0.2, -0.15) is 0 Å². The first-order valence-electron chi connectivity index (χ1n) is 9.16. The number of hydrogen-bond acceptors (Lipinski definition) is 2. The molecule has 0 fully saturated rings. The van der Waals surface area contributed by atoms with E-state index in [1.807, 2.05) is 53.2 Å². The van der Waals surface area contributed by atoms with Crippen LogP contribution in [0.2, 0.25) is 0 Å². The number of fused-ring (bicyclic) bond motifs is 1. The summed E-state index contributed by atoms with van der Waals surface area (Å²) in [5.41, 5.74) is 4.10. The minimum absolute atomic E-state index is 0.0805. The Hall–Kier alpha value is -2.85. The lowest BCUT2D eigenvalue weighted by molar-refractivity contribution is -0.111. The summed E-state index contributed by atoms with van der Waals surface area (Å²) in [6.45, 7) is 7.15. The molecule has 0 saturated carbocycles. The smallest absolute Gasteiger partial charge is 0.248 e. The van der Waals surface area contributed by atoms with E-state index in [-0.39, 0.29) is 17.9 Å². The van der Waals surface area contributed by atoms with Gasteiger partial charge in [0.15, 0.2) is 0 Å². The number of benzene rings is 2. The number of aliphatic hydroxyl groups excluding tert-OH is 1. The predicted octanol–water partition coefficient (Wildman–Crippen LogP) is 4.58. The maximum Gasteiger partial charge on any atom is 0.248 e. The van der Waals surface area contributed by atoms with Crippen molar-refractivity contribution in [1.29, 1.82) is 0 Å². The van der Waals surface area contributed by atoms with E-state index >= 15 is 0 Å². The fraction of sp³-hybridized carbons (Fsp3) is 0.261. The van der Waals surface area contributed by atoms with Crippen LogP contribution in [-0.2, 0) is 16.8 Å². The third-order valence-electron chi connectivity index (χ3n) is 4.59. The van der Waals surface area contributed by atoms with Crippen LogP contribution in [0.4, 0.5) is 5.69 Å². The number of nitrogens with one attached hydrogen (secondary N) is 1. The molecule has 3 rings (SSSR count). The van der Waals surface area contributed by atoms with Gasteiger partial charge in [0.05, 0.1) is 12.1 Å². The highest BCUT2D eigenvalue weighted by molar-refractivity contribution is 6.02. The summed E-state index contributed by atoms with van der Waals surface area (Å²) in [6.07, 6.45) is 5.30. The Morgan fingerprint density at radius 2 is 1.85 bits per heavy atom. The summed E-state index contributed by atoms with van der Waals surface area (Å²) in [5.74, 6) is -0.172. The standard InChI is InChI=1S/C23H26N2O2/c1-23(2,3)19-8-4-17(5-9-19)6-11-22(27)24-20-10-7-18-12-13-25(14-15-26)21(18)16-20/h4-13,16,26H,14-15H2,1-3H3,(H,24,27). The van der Waals surface area contributed by atoms with Crippen LogP contribution in [0.25, 0.3) is 17.0 Å². The molecule has 1 amide bonds. The number of nitrogens with zero attached hydrogens (tertiary/aromatic N) is 1. The first-order valence-corrected chi connectivity index (χ1v) is 9.16. The van der Waals surface area contributed by atoms with Crippen LogP contribution in [0.1, 0.15) is 31.9 Å². The predicted molar refractivity (Wildman–Crippen MR) is 112 cm³/mol. The molecule has 0 saturated heterocycles. The number of hydrogen-bond donors (Lipinski definition) is 2. The normalized spacial score (nSPS) is 12.0. The zero-order chi connectivity index (χ0) is 19.4. The highest BCUT2D eigenvalue weighted by Gasteiger charge is 2.12. The van der Waals surface area contributed by atoms with Crippen LogP contribution in [-0.4, -0.2) is 22.2 Å². The largest absolute Gasteiger partial charge is 0.395 e. The molecule has 27 heavy (non-hydrogen) atoms. The molecule has 2 N–H and O–H groups in total. The van der Waals surface area contributed by atoms with Gasteiger partial charge in [-0.1, -0.05) is 51.1 Å². The van der Waals surface area contributed by atoms with E-state index < -0.39 is 0 Å². The number of aromatic nitrogens is 1. The summed E-state index contributed by atoms with van der Waals surface area (Å²) < 4.78 is 1.97. The molecular formula is C23H26N2O2. The van der Waals surface area contributed by atoms with E-state index in [2.05, 4.69) is 38.2 Å². The summed E-state index contributed by atoms with van der Waals surface area (Å²) in [6, 6.07) is 16.0. The van der Waals surface area contributed by atoms with Crippen molar-refractivity contribution in [2.75, 3.05) is 11.9 Å². The Morgan fingerprint density at radius 3 is 2.52 bits per heavy atom. The highest BCUT2D eigenvalue weighted by atomic mass is 16.3. The lowest BCUT2D eigenvalue weighted by Crippen LogP contribution is -2.10. The summed E-state index contributed by atoms with van der Waals surface area (Å²) in [5, 5.41) is 13.1. The minimum atomic E-state index is -0.172. The second kappa shape index (κ2) is 7.80. The molecule has 0 spiro atoms. The van der Waals surface area contributed by atoms with E-state index in [9.17, 15) is 4.79 Å². The molecule has 2 aromatic carbocycles. The quantitative estimate of drug-likeness (QED) is 0.653. The zero-order valence-corrected chi connectivity index (χ0v) is 16.1. The first kappa shape index (κ1) is 18.9. The maximum absolute atomic E-state index is 12.3. The lowest BCUT2D eigenvalue weighted by atomic mass is 9.87. The van der Waals surface area contributed by atoms with Gasteiger partial charge in [-0.05, 0) is 46.2 Å². The van der Waals surface area contributed by atoms with Gasteiger partial charge < -0.3 is 15.0 Å². The molecule has 3 aromatic rings. The molecule has 140 valence electrons. The number of carbonyl (C=O) groups is 1. The zero-order valence-electron chi connectivity index (χ0n) is 16.1. The first-order chi connectivity index (χ1) is 12.9. The van der Waals surface area contributed by atoms with E-state index in [0.29, 0.717) is 6.54 Å². The molecule has 0 atom stereocenters. The van der Waals surface area contributed by atoms with Gasteiger partial charge in [0.2, 0.25) is 5.91 Å². The number of carbonyl (C=O) groups excluding carboxylic acids is 1. The monoisotopic (exact) mass is 362 g/mol. The Bertz CT molecular complexity index is 960. The van der Waals surface area contributed by atoms with Gasteiger partial charge in [0.1, 0.15) is 0 Å². The summed E-state index contributed by atoms with van der Waals surface area (Å²) >= 11 is 0. The fourth-order valence-corrected chi connectivity index (χ4v) is 3.01.